The van der Waals surface area contributed by atoms with E-state index in [1.165, 1.54) is 17.2 Å². The molecule has 1 amide bonds. The van der Waals surface area contributed by atoms with E-state index < -0.39 is 23.5 Å². The summed E-state index contributed by atoms with van der Waals surface area (Å²) >= 11 is 0. The van der Waals surface area contributed by atoms with Crippen LogP contribution in [0.4, 0.5) is 0 Å². The first-order chi connectivity index (χ1) is 17.4. The number of ether oxygens (including phenoxy) is 2. The number of para-hydroxylation sites is 1. The van der Waals surface area contributed by atoms with Crippen molar-refractivity contribution in [1.82, 2.24) is 9.80 Å². The van der Waals surface area contributed by atoms with Gasteiger partial charge in [0.05, 0.1) is 17.9 Å². The number of carbonyl (C=O) groups is 2. The molecule has 0 spiro atoms. The van der Waals surface area contributed by atoms with Crippen LogP contribution in [0.25, 0.3) is 0 Å². The van der Waals surface area contributed by atoms with Gasteiger partial charge in [-0.2, -0.15) is 0 Å². The summed E-state index contributed by atoms with van der Waals surface area (Å²) in [7, 11) is 3.79. The first-order valence-corrected chi connectivity index (χ1v) is 11.7. The van der Waals surface area contributed by atoms with Gasteiger partial charge >= 0.3 is 0 Å². The number of nitrogens with zero attached hydrogens (tertiary/aromatic N) is 2. The molecule has 1 aliphatic heterocycles. The fourth-order valence-electron chi connectivity index (χ4n) is 4.09. The second-order valence-corrected chi connectivity index (χ2v) is 8.80. The van der Waals surface area contributed by atoms with E-state index in [4.69, 9.17) is 13.9 Å². The number of likely N-dealkylation sites (N-methyl/N-ethyl adjacent to an activating group) is 1. The van der Waals surface area contributed by atoms with Crippen molar-refractivity contribution in [3.63, 3.8) is 0 Å². The normalized spacial score (nSPS) is 15.6. The van der Waals surface area contributed by atoms with Gasteiger partial charge in [-0.25, -0.2) is 0 Å². The Hall–Kier alpha value is -4.04. The van der Waals surface area contributed by atoms with Crippen LogP contribution < -0.4 is 9.47 Å². The van der Waals surface area contributed by atoms with E-state index in [1.54, 1.807) is 30.3 Å². The summed E-state index contributed by atoms with van der Waals surface area (Å²) in [6, 6.07) is 17.3. The predicted molar refractivity (Wildman–Crippen MR) is 134 cm³/mol. The quantitative estimate of drug-likeness (QED) is 0.318. The van der Waals surface area contributed by atoms with Crippen molar-refractivity contribution in [2.24, 2.45) is 0 Å². The Morgan fingerprint density at radius 3 is 2.42 bits per heavy atom. The number of benzene rings is 2. The molecule has 3 aromatic rings. The first kappa shape index (κ1) is 25.1. The number of aliphatic hydroxyl groups excluding tert-OH is 1. The Balaban J connectivity index is 1.49. The van der Waals surface area contributed by atoms with Gasteiger partial charge in [-0.3, -0.25) is 9.59 Å². The van der Waals surface area contributed by atoms with Crippen LogP contribution in [-0.4, -0.2) is 67.0 Å². The highest BCUT2D eigenvalue weighted by molar-refractivity contribution is 6.15. The third kappa shape index (κ3) is 5.44. The Kier molecular flexibility index (Phi) is 7.75. The van der Waals surface area contributed by atoms with Crippen LogP contribution in [0.1, 0.15) is 27.7 Å². The number of carbonyl (C=O) groups excluding carboxylic acids is 2. The smallest absolute Gasteiger partial charge is 0.290 e. The van der Waals surface area contributed by atoms with Gasteiger partial charge in [0.15, 0.2) is 11.5 Å². The predicted octanol–water partition coefficient (Wildman–Crippen LogP) is 4.19. The minimum atomic E-state index is -0.742. The standard InChI is InChI=1S/C28H30N2O6/c1-19-7-4-5-8-22(19)36-18-17-34-21-12-10-20(11-13-21)25-24(26(31)23-9-6-16-35-23)27(32)28(33)30(25)15-14-29(2)3/h4-13,16,25,32H,14-15,17-18H2,1-3H3/t25-/m1/s1. The Bertz CT molecular complexity index is 1230. The second kappa shape index (κ2) is 11.1. The number of hydrogen-bond acceptors (Lipinski definition) is 7. The molecule has 4 rings (SSSR count). The van der Waals surface area contributed by atoms with E-state index in [-0.39, 0.29) is 11.3 Å². The van der Waals surface area contributed by atoms with Gasteiger partial charge in [0.25, 0.3) is 5.91 Å². The molecule has 1 aliphatic rings. The Morgan fingerprint density at radius 1 is 1.03 bits per heavy atom. The number of aliphatic hydroxyl groups is 1. The lowest BCUT2D eigenvalue weighted by atomic mass is 9.95. The highest BCUT2D eigenvalue weighted by atomic mass is 16.5. The highest BCUT2D eigenvalue weighted by Crippen LogP contribution is 2.39. The summed E-state index contributed by atoms with van der Waals surface area (Å²) in [6.45, 7) is 3.64. The number of furan rings is 1. The number of amides is 1. The van der Waals surface area contributed by atoms with E-state index in [0.29, 0.717) is 37.6 Å². The van der Waals surface area contributed by atoms with Gasteiger partial charge in [-0.15, -0.1) is 0 Å². The molecule has 8 heteroatoms. The molecular weight excluding hydrogens is 460 g/mol. The number of aryl methyl sites for hydroxylation is 1. The summed E-state index contributed by atoms with van der Waals surface area (Å²) in [5.41, 5.74) is 1.75. The zero-order valence-corrected chi connectivity index (χ0v) is 20.6. The van der Waals surface area contributed by atoms with Crippen LogP contribution in [0.5, 0.6) is 11.5 Å². The maximum Gasteiger partial charge on any atom is 0.290 e. The monoisotopic (exact) mass is 490 g/mol. The van der Waals surface area contributed by atoms with Crippen LogP contribution in [-0.2, 0) is 4.79 Å². The molecule has 0 radical (unpaired) electrons. The molecule has 36 heavy (non-hydrogen) atoms. The molecule has 0 saturated carbocycles. The number of ketones is 1. The molecule has 2 heterocycles. The minimum Gasteiger partial charge on any atom is -0.503 e. The van der Waals surface area contributed by atoms with Crippen LogP contribution in [0.2, 0.25) is 0 Å². The van der Waals surface area contributed by atoms with Gasteiger partial charge in [-0.05, 0) is 62.5 Å². The molecule has 188 valence electrons. The van der Waals surface area contributed by atoms with E-state index in [1.807, 2.05) is 50.2 Å². The average molecular weight is 491 g/mol. The van der Waals surface area contributed by atoms with Gasteiger partial charge < -0.3 is 28.8 Å². The lowest BCUT2D eigenvalue weighted by Crippen LogP contribution is -2.36. The van der Waals surface area contributed by atoms with E-state index in [9.17, 15) is 14.7 Å². The van der Waals surface area contributed by atoms with Crippen LogP contribution in [0.15, 0.2) is 82.7 Å². The maximum atomic E-state index is 13.2. The second-order valence-electron chi connectivity index (χ2n) is 8.80. The third-order valence-corrected chi connectivity index (χ3v) is 5.98. The number of rotatable bonds is 11. The largest absolute Gasteiger partial charge is 0.503 e. The van der Waals surface area contributed by atoms with Crippen molar-refractivity contribution in [1.29, 1.82) is 0 Å². The van der Waals surface area contributed by atoms with Crippen molar-refractivity contribution in [3.8, 4) is 11.5 Å². The van der Waals surface area contributed by atoms with E-state index in [2.05, 4.69) is 0 Å². The summed E-state index contributed by atoms with van der Waals surface area (Å²) in [5.74, 6) is -0.127. The molecule has 1 N–H and O–H groups in total. The van der Waals surface area contributed by atoms with Gasteiger partial charge in [-0.1, -0.05) is 30.3 Å². The number of Topliss-reactive ketones (excluding diaryl/α,β-unsaturated/α-hetero) is 1. The van der Waals surface area contributed by atoms with Crippen molar-refractivity contribution < 1.29 is 28.6 Å². The molecular formula is C28H30N2O6. The molecule has 1 aromatic heterocycles. The maximum absolute atomic E-state index is 13.2. The average Bonchev–Trinajstić information content (AvgIpc) is 3.49. The van der Waals surface area contributed by atoms with Gasteiger partial charge in [0.1, 0.15) is 24.7 Å². The molecule has 8 nitrogen and oxygen atoms in total. The number of hydrogen-bond donors (Lipinski definition) is 1. The Morgan fingerprint density at radius 2 is 1.75 bits per heavy atom. The van der Waals surface area contributed by atoms with Gasteiger partial charge in [0.2, 0.25) is 5.78 Å². The SMILES string of the molecule is Cc1ccccc1OCCOc1ccc([C@@H]2C(C(=O)c3ccco3)=C(O)C(=O)N2CCN(C)C)cc1. The zero-order valence-electron chi connectivity index (χ0n) is 20.6. The summed E-state index contributed by atoms with van der Waals surface area (Å²) in [6.07, 6.45) is 1.38. The fourth-order valence-corrected chi connectivity index (χ4v) is 4.09. The third-order valence-electron chi connectivity index (χ3n) is 5.98. The van der Waals surface area contributed by atoms with Crippen molar-refractivity contribution in [3.05, 3.63) is 95.1 Å². The fraction of sp³-hybridized carbons (Fsp3) is 0.286. The minimum absolute atomic E-state index is 0.00834. The molecule has 0 saturated heterocycles. The van der Waals surface area contributed by atoms with Crippen molar-refractivity contribution in [2.45, 2.75) is 13.0 Å². The lowest BCUT2D eigenvalue weighted by Gasteiger charge is -2.28. The van der Waals surface area contributed by atoms with Crippen molar-refractivity contribution >= 4 is 11.7 Å². The summed E-state index contributed by atoms with van der Waals surface area (Å²) in [4.78, 5) is 29.6. The molecule has 1 atom stereocenters. The van der Waals surface area contributed by atoms with Crippen LogP contribution >= 0.6 is 0 Å². The zero-order chi connectivity index (χ0) is 25.7. The molecule has 0 fully saturated rings. The van der Waals surface area contributed by atoms with Crippen molar-refractivity contribution in [2.75, 3.05) is 40.4 Å². The summed E-state index contributed by atoms with van der Waals surface area (Å²) in [5, 5.41) is 10.7. The van der Waals surface area contributed by atoms with Gasteiger partial charge in [0, 0.05) is 13.1 Å². The summed E-state index contributed by atoms with van der Waals surface area (Å²) < 4.78 is 16.8. The molecule has 0 unspecified atom stereocenters. The van der Waals surface area contributed by atoms with Crippen LogP contribution in [0, 0.1) is 6.92 Å². The van der Waals surface area contributed by atoms with E-state index in [0.717, 1.165) is 11.3 Å². The van der Waals surface area contributed by atoms with Crippen LogP contribution in [0.3, 0.4) is 0 Å². The topological polar surface area (TPSA) is 92.4 Å². The van der Waals surface area contributed by atoms with E-state index >= 15 is 0 Å². The molecule has 0 aliphatic carbocycles. The highest BCUT2D eigenvalue weighted by Gasteiger charge is 2.44. The lowest BCUT2D eigenvalue weighted by molar-refractivity contribution is -0.129. The molecule has 0 bridgehead atoms. The first-order valence-electron chi connectivity index (χ1n) is 11.7. The Labute approximate surface area is 210 Å². The molecule has 2 aromatic carbocycles.